The Kier molecular flexibility index (Phi) is 12.3. The minimum absolute atomic E-state index is 0.178. The van der Waals surface area contributed by atoms with Crippen molar-refractivity contribution in [2.45, 2.75) is 46.7 Å². The van der Waals surface area contributed by atoms with Crippen LogP contribution in [-0.4, -0.2) is 51.9 Å². The van der Waals surface area contributed by atoms with Crippen molar-refractivity contribution in [1.29, 1.82) is 0 Å². The number of nitrogens with one attached hydrogen (secondary N) is 3. The number of carbonyl (C=O) groups is 3. The Hall–Kier alpha value is -4.37. The minimum atomic E-state index is -0.459. The van der Waals surface area contributed by atoms with E-state index >= 15 is 0 Å². The van der Waals surface area contributed by atoms with E-state index in [9.17, 15) is 14.4 Å². The first-order valence-corrected chi connectivity index (χ1v) is 12.9. The van der Waals surface area contributed by atoms with E-state index in [0.29, 0.717) is 42.0 Å². The van der Waals surface area contributed by atoms with Crippen LogP contribution in [0, 0.1) is 6.57 Å². The third-order valence-electron chi connectivity index (χ3n) is 4.92. The van der Waals surface area contributed by atoms with Crippen molar-refractivity contribution in [2.75, 3.05) is 18.5 Å². The summed E-state index contributed by atoms with van der Waals surface area (Å²) in [6, 6.07) is 6.75. The average Bonchev–Trinajstić information content (AvgIpc) is 3.41. The predicted molar refractivity (Wildman–Crippen MR) is 145 cm³/mol. The lowest BCUT2D eigenvalue weighted by atomic mass is 10.2. The molecule has 3 heterocycles. The zero-order chi connectivity index (χ0) is 27.9. The molecule has 0 aliphatic heterocycles. The van der Waals surface area contributed by atoms with E-state index in [1.54, 1.807) is 31.5 Å². The smallest absolute Gasteiger partial charge is 0.356 e. The molecule has 0 fully saturated rings. The van der Waals surface area contributed by atoms with Crippen molar-refractivity contribution in [3.63, 3.8) is 0 Å². The van der Waals surface area contributed by atoms with Gasteiger partial charge in [-0.2, -0.15) is 0 Å². The van der Waals surface area contributed by atoms with Gasteiger partial charge in [0.25, 0.3) is 11.8 Å². The van der Waals surface area contributed by atoms with Crippen LogP contribution < -0.4 is 16.0 Å². The molecule has 0 saturated carbocycles. The molecule has 0 aromatic carbocycles. The molecule has 200 valence electrons. The van der Waals surface area contributed by atoms with Crippen LogP contribution in [0.25, 0.3) is 4.85 Å². The Labute approximate surface area is 225 Å². The van der Waals surface area contributed by atoms with Crippen molar-refractivity contribution in [3.05, 3.63) is 76.1 Å². The number of thiazole rings is 1. The third-order valence-corrected chi connectivity index (χ3v) is 5.85. The predicted octanol–water partition coefficient (Wildman–Crippen LogP) is 4.24. The Morgan fingerprint density at radius 2 is 1.71 bits per heavy atom. The normalized spacial score (nSPS) is 10.7. The largest absolute Gasteiger partial charge is 0.461 e. The molecule has 0 aliphatic rings. The van der Waals surface area contributed by atoms with Crippen LogP contribution in [0.1, 0.15) is 70.3 Å². The van der Waals surface area contributed by atoms with Gasteiger partial charge < -0.3 is 20.7 Å². The van der Waals surface area contributed by atoms with Crippen molar-refractivity contribution in [1.82, 2.24) is 25.6 Å². The molecule has 3 N–H and O–H groups in total. The number of esters is 1. The summed E-state index contributed by atoms with van der Waals surface area (Å²) >= 11 is 1.33. The number of hydrogen-bond donors (Lipinski definition) is 3. The minimum Gasteiger partial charge on any atom is -0.461 e. The number of amides is 2. The molecule has 0 bridgehead atoms. The van der Waals surface area contributed by atoms with E-state index in [0.717, 1.165) is 17.1 Å². The maximum absolute atomic E-state index is 12.2. The number of anilines is 1. The number of ether oxygens (including phenoxy) is 1. The topological polar surface area (TPSA) is 140 Å². The molecule has 11 nitrogen and oxygen atoms in total. The number of nitrogens with zero attached hydrogens (tertiary/aromatic N) is 4. The summed E-state index contributed by atoms with van der Waals surface area (Å²) in [6.07, 6.45) is 5.49. The van der Waals surface area contributed by atoms with Gasteiger partial charge in [0.2, 0.25) is 5.69 Å². The van der Waals surface area contributed by atoms with Crippen LogP contribution in [0.2, 0.25) is 0 Å². The van der Waals surface area contributed by atoms with Gasteiger partial charge in [-0.15, -0.1) is 0 Å². The molecule has 2 amide bonds. The van der Waals surface area contributed by atoms with E-state index in [2.05, 4.69) is 49.6 Å². The highest BCUT2D eigenvalue weighted by molar-refractivity contribution is 7.17. The molecule has 38 heavy (non-hydrogen) atoms. The van der Waals surface area contributed by atoms with Crippen LogP contribution in [0.3, 0.4) is 0 Å². The maximum Gasteiger partial charge on any atom is 0.356 e. The molecule has 3 aromatic rings. The standard InChI is InChI=1S/C17H23N5O2S.C9H8N2O2/c1-4-11(3)22-17-21-10-14(25-17)16(24)20-9-12-6-7-13(19-8-12)15(23)18-5-2;1-3-13-9(12)8-5-4-7(10-2)6-11-8/h6-8,10-11H,4-5,9H2,1-3H3,(H,18,23)(H,20,24)(H,21,22);4-6H,3H2,1H3/t11-;/m1./s1. The quantitative estimate of drug-likeness (QED) is 0.258. The summed E-state index contributed by atoms with van der Waals surface area (Å²) in [4.78, 5) is 50.7. The fraction of sp³-hybridized carbons (Fsp3) is 0.346. The fourth-order valence-corrected chi connectivity index (χ4v) is 3.56. The van der Waals surface area contributed by atoms with Crippen molar-refractivity contribution in [3.8, 4) is 0 Å². The first kappa shape index (κ1) is 29.9. The van der Waals surface area contributed by atoms with Gasteiger partial charge in [-0.3, -0.25) is 19.6 Å². The van der Waals surface area contributed by atoms with E-state index in [4.69, 9.17) is 11.3 Å². The number of hydrogen-bond acceptors (Lipinski definition) is 9. The number of rotatable bonds is 10. The number of aromatic nitrogens is 3. The summed E-state index contributed by atoms with van der Waals surface area (Å²) in [6.45, 7) is 15.6. The monoisotopic (exact) mass is 537 g/mol. The highest BCUT2D eigenvalue weighted by Gasteiger charge is 2.12. The lowest BCUT2D eigenvalue weighted by Crippen LogP contribution is -2.24. The summed E-state index contributed by atoms with van der Waals surface area (Å²) in [5, 5.41) is 9.51. The molecule has 0 saturated heterocycles. The van der Waals surface area contributed by atoms with Crippen molar-refractivity contribution < 1.29 is 19.1 Å². The van der Waals surface area contributed by atoms with Gasteiger partial charge in [0.15, 0.2) is 5.13 Å². The highest BCUT2D eigenvalue weighted by Crippen LogP contribution is 2.19. The number of carbonyl (C=O) groups excluding carboxylic acids is 3. The molecule has 3 aromatic heterocycles. The van der Waals surface area contributed by atoms with Crippen LogP contribution in [0.4, 0.5) is 10.8 Å². The molecular formula is C26H31N7O4S. The van der Waals surface area contributed by atoms with Gasteiger partial charge in [0.05, 0.1) is 19.4 Å². The number of pyridine rings is 2. The first-order valence-electron chi connectivity index (χ1n) is 12.0. The highest BCUT2D eigenvalue weighted by atomic mass is 32.1. The summed E-state index contributed by atoms with van der Waals surface area (Å²) in [5.74, 6) is -0.842. The van der Waals surface area contributed by atoms with Crippen LogP contribution in [-0.2, 0) is 11.3 Å². The SMILES string of the molecule is CCNC(=O)c1ccc(CNC(=O)c2cnc(N[C@H](C)CC)s2)cn1.[C-]#[N+]c1ccc(C(=O)OCC)nc1. The molecule has 0 radical (unpaired) electrons. The van der Waals surface area contributed by atoms with Crippen LogP contribution >= 0.6 is 11.3 Å². The lowest BCUT2D eigenvalue weighted by molar-refractivity contribution is 0.0519. The van der Waals surface area contributed by atoms with Gasteiger partial charge in [-0.05, 0) is 44.9 Å². The van der Waals surface area contributed by atoms with E-state index in [1.165, 1.54) is 29.7 Å². The second kappa shape index (κ2) is 15.7. The summed E-state index contributed by atoms with van der Waals surface area (Å²) in [5.41, 5.74) is 1.83. The zero-order valence-electron chi connectivity index (χ0n) is 21.8. The molecule has 0 spiro atoms. The second-order valence-corrected chi connectivity index (χ2v) is 8.84. The summed E-state index contributed by atoms with van der Waals surface area (Å²) in [7, 11) is 0. The van der Waals surface area contributed by atoms with E-state index < -0.39 is 5.97 Å². The third kappa shape index (κ3) is 9.59. The molecular weight excluding hydrogens is 506 g/mol. The maximum atomic E-state index is 12.2. The Bertz CT molecular complexity index is 1240. The Morgan fingerprint density at radius 3 is 2.29 bits per heavy atom. The van der Waals surface area contributed by atoms with E-state index in [1.807, 2.05) is 6.92 Å². The molecule has 0 aliphatic carbocycles. The van der Waals surface area contributed by atoms with Crippen molar-refractivity contribution in [2.24, 2.45) is 0 Å². The first-order chi connectivity index (χ1) is 18.3. The lowest BCUT2D eigenvalue weighted by Gasteiger charge is -2.08. The average molecular weight is 538 g/mol. The van der Waals surface area contributed by atoms with Gasteiger partial charge in [0.1, 0.15) is 16.3 Å². The molecule has 0 unspecified atom stereocenters. The van der Waals surface area contributed by atoms with Crippen LogP contribution in [0.15, 0.2) is 42.9 Å². The van der Waals surface area contributed by atoms with Gasteiger partial charge in [-0.1, -0.05) is 30.4 Å². The van der Waals surface area contributed by atoms with Crippen LogP contribution in [0.5, 0.6) is 0 Å². The fourth-order valence-electron chi connectivity index (χ4n) is 2.72. The molecule has 3 rings (SSSR count). The summed E-state index contributed by atoms with van der Waals surface area (Å²) < 4.78 is 4.72. The van der Waals surface area contributed by atoms with Crippen molar-refractivity contribution >= 4 is 39.9 Å². The van der Waals surface area contributed by atoms with Gasteiger partial charge in [-0.25, -0.2) is 14.6 Å². The second-order valence-electron chi connectivity index (χ2n) is 7.81. The van der Waals surface area contributed by atoms with Gasteiger partial charge >= 0.3 is 5.97 Å². The zero-order valence-corrected chi connectivity index (χ0v) is 22.6. The Balaban J connectivity index is 0.000000328. The molecule has 12 heteroatoms. The van der Waals surface area contributed by atoms with E-state index in [-0.39, 0.29) is 17.5 Å². The molecule has 1 atom stereocenters. The Morgan fingerprint density at radius 1 is 0.974 bits per heavy atom. The van der Waals surface area contributed by atoms with Gasteiger partial charge in [0, 0.05) is 31.5 Å².